The molecule has 4 rings (SSSR count). The van der Waals surface area contributed by atoms with E-state index in [-0.39, 0.29) is 6.04 Å². The fourth-order valence-corrected chi connectivity index (χ4v) is 3.14. The molecule has 5 nitrogen and oxygen atoms in total. The Morgan fingerprint density at radius 3 is 3.00 bits per heavy atom. The van der Waals surface area contributed by atoms with Crippen molar-refractivity contribution in [3.05, 3.63) is 59.9 Å². The monoisotopic (exact) mass is 279 g/mol. The highest BCUT2D eigenvalue weighted by molar-refractivity contribution is 5.51. The maximum atomic E-state index is 6.05. The molecule has 1 atom stereocenters. The minimum atomic E-state index is 0.188. The first-order valence-electron chi connectivity index (χ1n) is 7.22. The first kappa shape index (κ1) is 12.3. The summed E-state index contributed by atoms with van der Waals surface area (Å²) >= 11 is 0. The fourth-order valence-electron chi connectivity index (χ4n) is 3.14. The number of benzene rings is 1. The second-order valence-electron chi connectivity index (χ2n) is 5.31. The lowest BCUT2D eigenvalue weighted by Crippen LogP contribution is -2.39. The number of aromatic nitrogens is 3. The van der Waals surface area contributed by atoms with Gasteiger partial charge in [0.15, 0.2) is 5.65 Å². The number of rotatable bonds is 2. The van der Waals surface area contributed by atoms with Crippen molar-refractivity contribution in [1.82, 2.24) is 14.6 Å². The average molecular weight is 279 g/mol. The Morgan fingerprint density at radius 2 is 2.10 bits per heavy atom. The van der Waals surface area contributed by atoms with Gasteiger partial charge in [-0.15, -0.1) is 0 Å². The summed E-state index contributed by atoms with van der Waals surface area (Å²) in [7, 11) is 0. The normalized spacial score (nSPS) is 18.0. The van der Waals surface area contributed by atoms with Crippen LogP contribution < -0.4 is 10.6 Å². The van der Waals surface area contributed by atoms with Crippen molar-refractivity contribution in [1.29, 1.82) is 0 Å². The van der Waals surface area contributed by atoms with E-state index in [2.05, 4.69) is 34.3 Å². The molecule has 0 aliphatic carbocycles. The maximum absolute atomic E-state index is 6.05. The van der Waals surface area contributed by atoms with Gasteiger partial charge in [-0.1, -0.05) is 24.3 Å². The van der Waals surface area contributed by atoms with Crippen molar-refractivity contribution in [2.24, 2.45) is 5.73 Å². The third-order valence-electron chi connectivity index (χ3n) is 4.17. The Hall–Kier alpha value is -2.40. The second-order valence-corrected chi connectivity index (χ2v) is 5.31. The van der Waals surface area contributed by atoms with Crippen molar-refractivity contribution in [3.8, 4) is 0 Å². The van der Waals surface area contributed by atoms with Gasteiger partial charge in [-0.05, 0) is 23.6 Å². The summed E-state index contributed by atoms with van der Waals surface area (Å²) in [6.07, 6.45) is 4.74. The molecule has 0 bridgehead atoms. The molecule has 21 heavy (non-hydrogen) atoms. The molecule has 0 saturated carbocycles. The minimum Gasteiger partial charge on any atom is -0.348 e. The number of anilines is 1. The molecular weight excluding hydrogens is 262 g/mol. The summed E-state index contributed by atoms with van der Waals surface area (Å²) in [5.74, 6) is 0.966. The standard InChI is InChI=1S/C16H17N5/c17-11-14-13-4-2-1-3-12(13)6-9-20(14)15-7-10-21-16(19-15)5-8-18-21/h1-5,7-8,10,14H,6,9,11,17H2. The molecule has 0 spiro atoms. The number of hydrogen-bond donors (Lipinski definition) is 1. The van der Waals surface area contributed by atoms with Crippen molar-refractivity contribution in [2.45, 2.75) is 12.5 Å². The van der Waals surface area contributed by atoms with Crippen LogP contribution in [0.2, 0.25) is 0 Å². The number of fused-ring (bicyclic) bond motifs is 2. The van der Waals surface area contributed by atoms with E-state index in [1.165, 1.54) is 11.1 Å². The molecule has 0 fully saturated rings. The van der Waals surface area contributed by atoms with Crippen molar-refractivity contribution >= 4 is 11.5 Å². The van der Waals surface area contributed by atoms with Gasteiger partial charge >= 0.3 is 0 Å². The first-order valence-corrected chi connectivity index (χ1v) is 7.22. The summed E-state index contributed by atoms with van der Waals surface area (Å²) in [6, 6.07) is 12.7. The van der Waals surface area contributed by atoms with Crippen LogP contribution in [0.15, 0.2) is 48.8 Å². The van der Waals surface area contributed by atoms with E-state index >= 15 is 0 Å². The zero-order valence-electron chi connectivity index (χ0n) is 11.7. The molecule has 2 N–H and O–H groups in total. The first-order chi connectivity index (χ1) is 10.4. The van der Waals surface area contributed by atoms with Gasteiger partial charge in [-0.2, -0.15) is 5.10 Å². The topological polar surface area (TPSA) is 59.5 Å². The summed E-state index contributed by atoms with van der Waals surface area (Å²) in [6.45, 7) is 1.53. The van der Waals surface area contributed by atoms with Crippen LogP contribution in [0.25, 0.3) is 5.65 Å². The molecule has 1 unspecified atom stereocenters. The highest BCUT2D eigenvalue weighted by Crippen LogP contribution is 2.32. The summed E-state index contributed by atoms with van der Waals surface area (Å²) in [5, 5.41) is 4.19. The van der Waals surface area contributed by atoms with Crippen LogP contribution >= 0.6 is 0 Å². The predicted molar refractivity (Wildman–Crippen MR) is 82.3 cm³/mol. The van der Waals surface area contributed by atoms with Gasteiger partial charge in [0, 0.05) is 25.4 Å². The lowest BCUT2D eigenvalue weighted by molar-refractivity contribution is 0.584. The van der Waals surface area contributed by atoms with E-state index in [0.717, 1.165) is 24.4 Å². The third-order valence-corrected chi connectivity index (χ3v) is 4.17. The fraction of sp³-hybridized carbons (Fsp3) is 0.250. The Balaban J connectivity index is 1.77. The highest BCUT2D eigenvalue weighted by atomic mass is 15.3. The minimum absolute atomic E-state index is 0.188. The molecule has 2 aromatic heterocycles. The van der Waals surface area contributed by atoms with Gasteiger partial charge in [0.1, 0.15) is 5.82 Å². The largest absolute Gasteiger partial charge is 0.348 e. The van der Waals surface area contributed by atoms with Crippen LogP contribution in [0.1, 0.15) is 17.2 Å². The van der Waals surface area contributed by atoms with Crippen LogP contribution in [0, 0.1) is 0 Å². The summed E-state index contributed by atoms with van der Waals surface area (Å²) < 4.78 is 1.78. The highest BCUT2D eigenvalue weighted by Gasteiger charge is 2.27. The zero-order valence-corrected chi connectivity index (χ0v) is 11.7. The van der Waals surface area contributed by atoms with Gasteiger partial charge in [-0.3, -0.25) is 0 Å². The summed E-state index contributed by atoms with van der Waals surface area (Å²) in [5.41, 5.74) is 9.63. The Kier molecular flexibility index (Phi) is 2.86. The average Bonchev–Trinajstić information content (AvgIpc) is 3.01. The molecule has 1 aliphatic rings. The van der Waals surface area contributed by atoms with Crippen molar-refractivity contribution in [3.63, 3.8) is 0 Å². The lowest BCUT2D eigenvalue weighted by atomic mass is 9.92. The van der Waals surface area contributed by atoms with E-state index in [9.17, 15) is 0 Å². The maximum Gasteiger partial charge on any atom is 0.157 e. The zero-order chi connectivity index (χ0) is 14.2. The molecule has 106 valence electrons. The van der Waals surface area contributed by atoms with E-state index in [1.807, 2.05) is 18.3 Å². The molecule has 0 amide bonds. The van der Waals surface area contributed by atoms with Gasteiger partial charge < -0.3 is 10.6 Å². The predicted octanol–water partition coefficient (Wildman–Crippen LogP) is 1.79. The SMILES string of the molecule is NCC1c2ccccc2CCN1c1ccn2nccc2n1. The molecule has 3 aromatic rings. The van der Waals surface area contributed by atoms with E-state index in [4.69, 9.17) is 10.7 Å². The van der Waals surface area contributed by atoms with E-state index < -0.39 is 0 Å². The molecule has 0 radical (unpaired) electrons. The van der Waals surface area contributed by atoms with Crippen LogP contribution in [-0.4, -0.2) is 27.7 Å². The molecular formula is C16H17N5. The number of nitrogens with zero attached hydrogens (tertiary/aromatic N) is 4. The van der Waals surface area contributed by atoms with Gasteiger partial charge in [0.2, 0.25) is 0 Å². The van der Waals surface area contributed by atoms with Crippen LogP contribution in [0.3, 0.4) is 0 Å². The molecule has 0 saturated heterocycles. The Bertz CT molecular complexity index is 779. The van der Waals surface area contributed by atoms with Crippen LogP contribution in [-0.2, 0) is 6.42 Å². The van der Waals surface area contributed by atoms with Gasteiger partial charge in [0.05, 0.1) is 12.2 Å². The molecule has 5 heteroatoms. The van der Waals surface area contributed by atoms with Gasteiger partial charge in [-0.25, -0.2) is 9.50 Å². The van der Waals surface area contributed by atoms with Crippen LogP contribution in [0.5, 0.6) is 0 Å². The lowest BCUT2D eigenvalue weighted by Gasteiger charge is -2.37. The van der Waals surface area contributed by atoms with Crippen LogP contribution in [0.4, 0.5) is 5.82 Å². The van der Waals surface area contributed by atoms with Crippen molar-refractivity contribution in [2.75, 3.05) is 18.0 Å². The Morgan fingerprint density at radius 1 is 1.19 bits per heavy atom. The van der Waals surface area contributed by atoms with Crippen molar-refractivity contribution < 1.29 is 0 Å². The number of nitrogens with two attached hydrogens (primary N) is 1. The quantitative estimate of drug-likeness (QED) is 0.777. The van der Waals surface area contributed by atoms with Gasteiger partial charge in [0.25, 0.3) is 0 Å². The second kappa shape index (κ2) is 4.86. The molecule has 3 heterocycles. The molecule has 1 aliphatic heterocycles. The summed E-state index contributed by atoms with van der Waals surface area (Å²) in [4.78, 5) is 7.00. The van der Waals surface area contributed by atoms with E-state index in [0.29, 0.717) is 6.54 Å². The molecule has 1 aromatic carbocycles. The van der Waals surface area contributed by atoms with E-state index in [1.54, 1.807) is 10.7 Å². The smallest absolute Gasteiger partial charge is 0.157 e. The Labute approximate surface area is 123 Å². The number of hydrogen-bond acceptors (Lipinski definition) is 4. The third kappa shape index (κ3) is 1.97.